The van der Waals surface area contributed by atoms with Crippen molar-refractivity contribution in [2.75, 3.05) is 14.1 Å². The summed E-state index contributed by atoms with van der Waals surface area (Å²) in [5.41, 5.74) is 9.04. The van der Waals surface area contributed by atoms with Crippen molar-refractivity contribution >= 4 is 15.9 Å². The van der Waals surface area contributed by atoms with Crippen LogP contribution in [-0.2, 0) is 13.5 Å². The van der Waals surface area contributed by atoms with Gasteiger partial charge in [-0.3, -0.25) is 4.68 Å². The number of hydrogen-bond acceptors (Lipinski definition) is 3. The lowest BCUT2D eigenvalue weighted by molar-refractivity contribution is 0.0709. The molecule has 2 N–H and O–H groups in total. The van der Waals surface area contributed by atoms with E-state index in [1.807, 2.05) is 18.7 Å². The third kappa shape index (κ3) is 2.81. The van der Waals surface area contributed by atoms with Crippen LogP contribution in [0.2, 0.25) is 0 Å². The average molecular weight is 343 g/mol. The van der Waals surface area contributed by atoms with Crippen LogP contribution in [0, 0.1) is 6.92 Å². The second-order valence-electron chi connectivity index (χ2n) is 6.34. The molecule has 0 aliphatic heterocycles. The highest BCUT2D eigenvalue weighted by Gasteiger charge is 2.40. The quantitative estimate of drug-likeness (QED) is 0.914. The molecule has 114 valence electrons. The Hall–Kier alpha value is -0.390. The van der Waals surface area contributed by atoms with E-state index < -0.39 is 0 Å². The fourth-order valence-electron chi connectivity index (χ4n) is 3.61. The molecule has 1 unspecified atom stereocenters. The average Bonchev–Trinajstić information content (AvgIpc) is 2.66. The molecule has 4 nitrogen and oxygen atoms in total. The van der Waals surface area contributed by atoms with Gasteiger partial charge in [-0.15, -0.1) is 0 Å². The number of nitrogens with two attached hydrogens (primary N) is 1. The van der Waals surface area contributed by atoms with E-state index in [0.717, 1.165) is 16.6 Å². The van der Waals surface area contributed by atoms with Gasteiger partial charge in [-0.1, -0.05) is 19.3 Å². The van der Waals surface area contributed by atoms with Crippen LogP contribution < -0.4 is 5.73 Å². The van der Waals surface area contributed by atoms with Gasteiger partial charge in [0.25, 0.3) is 0 Å². The summed E-state index contributed by atoms with van der Waals surface area (Å²) in [5, 5.41) is 4.48. The van der Waals surface area contributed by atoms with E-state index in [1.165, 1.54) is 37.8 Å². The lowest BCUT2D eigenvalue weighted by atomic mass is 9.74. The highest BCUT2D eigenvalue weighted by Crippen LogP contribution is 2.36. The van der Waals surface area contributed by atoms with Gasteiger partial charge in [0.1, 0.15) is 0 Å². The third-order valence-corrected chi connectivity index (χ3v) is 6.01. The van der Waals surface area contributed by atoms with Crippen molar-refractivity contribution in [3.05, 3.63) is 15.9 Å². The zero-order chi connectivity index (χ0) is 14.9. The van der Waals surface area contributed by atoms with E-state index in [0.29, 0.717) is 0 Å². The van der Waals surface area contributed by atoms with Crippen molar-refractivity contribution in [2.24, 2.45) is 12.8 Å². The summed E-state index contributed by atoms with van der Waals surface area (Å²) in [7, 11) is 6.35. The molecule has 1 saturated carbocycles. The molecule has 2 rings (SSSR count). The van der Waals surface area contributed by atoms with Gasteiger partial charge in [0.15, 0.2) is 0 Å². The molecular formula is C15H27BrN4. The molecule has 0 amide bonds. The summed E-state index contributed by atoms with van der Waals surface area (Å²) >= 11 is 3.66. The first-order valence-electron chi connectivity index (χ1n) is 7.49. The molecule has 0 saturated heterocycles. The Bertz CT molecular complexity index is 461. The molecule has 1 fully saturated rings. The molecule has 0 spiro atoms. The summed E-state index contributed by atoms with van der Waals surface area (Å²) in [6.07, 6.45) is 7.20. The van der Waals surface area contributed by atoms with Gasteiger partial charge in [0.2, 0.25) is 0 Å². The summed E-state index contributed by atoms with van der Waals surface area (Å²) in [5.74, 6) is 0. The van der Waals surface area contributed by atoms with Crippen LogP contribution in [0.3, 0.4) is 0 Å². The number of halogens is 1. The summed E-state index contributed by atoms with van der Waals surface area (Å²) in [4.78, 5) is 2.36. The third-order valence-electron chi connectivity index (χ3n) is 4.98. The fourth-order valence-corrected chi connectivity index (χ4v) is 4.11. The topological polar surface area (TPSA) is 47.1 Å². The highest BCUT2D eigenvalue weighted by molar-refractivity contribution is 9.10. The van der Waals surface area contributed by atoms with E-state index in [4.69, 9.17) is 5.73 Å². The fraction of sp³-hybridized carbons (Fsp3) is 0.800. The van der Waals surface area contributed by atoms with Crippen LogP contribution in [0.5, 0.6) is 0 Å². The molecule has 1 aliphatic rings. The van der Waals surface area contributed by atoms with Crippen LogP contribution >= 0.6 is 15.9 Å². The minimum absolute atomic E-state index is 0.135. The standard InChI is InChI=1S/C15H27BrN4/c1-11-14(16)12(20(4)18-11)10-13(17)15(19(2)3)8-6-5-7-9-15/h13H,5-10,17H2,1-4H3. The van der Waals surface area contributed by atoms with Crippen LogP contribution in [0.4, 0.5) is 0 Å². The summed E-state index contributed by atoms with van der Waals surface area (Å²) < 4.78 is 3.08. The molecule has 0 bridgehead atoms. The normalized spacial score (nSPS) is 20.4. The Kier molecular flexibility index (Phi) is 4.92. The van der Waals surface area contributed by atoms with Crippen molar-refractivity contribution in [3.63, 3.8) is 0 Å². The van der Waals surface area contributed by atoms with Gasteiger partial charge < -0.3 is 10.6 Å². The molecule has 5 heteroatoms. The predicted octanol–water partition coefficient (Wildman–Crippen LogP) is 2.63. The maximum atomic E-state index is 6.66. The van der Waals surface area contributed by atoms with Crippen molar-refractivity contribution in [1.29, 1.82) is 0 Å². The highest BCUT2D eigenvalue weighted by atomic mass is 79.9. The number of rotatable bonds is 4. The zero-order valence-corrected chi connectivity index (χ0v) is 14.7. The van der Waals surface area contributed by atoms with Crippen molar-refractivity contribution in [2.45, 2.75) is 57.0 Å². The molecular weight excluding hydrogens is 316 g/mol. The van der Waals surface area contributed by atoms with Crippen molar-refractivity contribution in [1.82, 2.24) is 14.7 Å². The monoisotopic (exact) mass is 342 g/mol. The minimum Gasteiger partial charge on any atom is -0.326 e. The van der Waals surface area contributed by atoms with Gasteiger partial charge in [0, 0.05) is 25.0 Å². The molecule has 1 aromatic rings. The lowest BCUT2D eigenvalue weighted by Gasteiger charge is -2.47. The van der Waals surface area contributed by atoms with Crippen LogP contribution in [0.15, 0.2) is 4.47 Å². The lowest BCUT2D eigenvalue weighted by Crippen LogP contribution is -2.59. The Balaban J connectivity index is 2.22. The summed E-state index contributed by atoms with van der Waals surface area (Å²) in [6.45, 7) is 2.03. The van der Waals surface area contributed by atoms with E-state index in [1.54, 1.807) is 0 Å². The minimum atomic E-state index is 0.135. The SMILES string of the molecule is Cc1nn(C)c(CC(N)C2(N(C)C)CCCCC2)c1Br. The number of likely N-dealkylation sites (N-methyl/N-ethyl adjacent to an activating group) is 1. The molecule has 1 aromatic heterocycles. The molecule has 1 atom stereocenters. The van der Waals surface area contributed by atoms with Gasteiger partial charge in [-0.2, -0.15) is 5.10 Å². The number of aromatic nitrogens is 2. The first kappa shape index (κ1) is 16.0. The van der Waals surface area contributed by atoms with Gasteiger partial charge >= 0.3 is 0 Å². The van der Waals surface area contributed by atoms with Gasteiger partial charge in [-0.25, -0.2) is 0 Å². The van der Waals surface area contributed by atoms with Gasteiger partial charge in [0.05, 0.1) is 15.9 Å². The molecule has 20 heavy (non-hydrogen) atoms. The van der Waals surface area contributed by atoms with E-state index in [2.05, 4.69) is 40.0 Å². The number of aryl methyl sites for hydroxylation is 2. The van der Waals surface area contributed by atoms with E-state index in [-0.39, 0.29) is 11.6 Å². The Morgan fingerprint density at radius 2 is 1.95 bits per heavy atom. The Morgan fingerprint density at radius 1 is 1.35 bits per heavy atom. The number of nitrogens with zero attached hydrogens (tertiary/aromatic N) is 3. The predicted molar refractivity (Wildman–Crippen MR) is 86.8 cm³/mol. The largest absolute Gasteiger partial charge is 0.326 e. The van der Waals surface area contributed by atoms with Crippen LogP contribution in [0.1, 0.15) is 43.5 Å². The van der Waals surface area contributed by atoms with Crippen LogP contribution in [0.25, 0.3) is 0 Å². The summed E-state index contributed by atoms with van der Waals surface area (Å²) in [6, 6.07) is 0.142. The number of hydrogen-bond donors (Lipinski definition) is 1. The maximum Gasteiger partial charge on any atom is 0.0738 e. The second-order valence-corrected chi connectivity index (χ2v) is 7.13. The molecule has 0 aromatic carbocycles. The Labute approximate surface area is 130 Å². The Morgan fingerprint density at radius 3 is 2.40 bits per heavy atom. The van der Waals surface area contributed by atoms with Crippen molar-refractivity contribution in [3.8, 4) is 0 Å². The molecule has 0 radical (unpaired) electrons. The second kappa shape index (κ2) is 6.16. The zero-order valence-electron chi connectivity index (χ0n) is 13.1. The van der Waals surface area contributed by atoms with Gasteiger partial charge in [-0.05, 0) is 49.8 Å². The first-order valence-corrected chi connectivity index (χ1v) is 8.29. The van der Waals surface area contributed by atoms with E-state index >= 15 is 0 Å². The van der Waals surface area contributed by atoms with Crippen molar-refractivity contribution < 1.29 is 0 Å². The molecule has 1 aliphatic carbocycles. The van der Waals surface area contributed by atoms with Crippen LogP contribution in [-0.4, -0.2) is 40.4 Å². The first-order chi connectivity index (χ1) is 9.38. The maximum absolute atomic E-state index is 6.66. The smallest absolute Gasteiger partial charge is 0.0738 e. The molecule has 1 heterocycles. The van der Waals surface area contributed by atoms with E-state index in [9.17, 15) is 0 Å².